The predicted molar refractivity (Wildman–Crippen MR) is 81.6 cm³/mol. The Morgan fingerprint density at radius 3 is 2.63 bits per heavy atom. The lowest BCUT2D eigenvalue weighted by molar-refractivity contribution is 0.102. The smallest absolute Gasteiger partial charge is 0.192 e. The number of thioether (sulfide) groups is 1. The maximum atomic E-state index is 12.6. The van der Waals surface area contributed by atoms with Crippen LogP contribution in [0, 0.1) is 0 Å². The van der Waals surface area contributed by atoms with Crippen LogP contribution in [0.5, 0.6) is 0 Å². The van der Waals surface area contributed by atoms with Crippen molar-refractivity contribution in [1.82, 2.24) is 5.32 Å². The molecule has 0 spiro atoms. The summed E-state index contributed by atoms with van der Waals surface area (Å²) >= 11 is 1.57. The Kier molecular flexibility index (Phi) is 4.43. The zero-order valence-corrected chi connectivity index (χ0v) is 12.3. The Morgan fingerprint density at radius 1 is 1.37 bits per heavy atom. The zero-order valence-electron chi connectivity index (χ0n) is 11.4. The SMILES string of the molecule is CC[C@H]1N=C(SC)NC(C)=C1C(=O)c1ccccc1. The molecule has 0 saturated heterocycles. The second-order valence-corrected chi connectivity index (χ2v) is 5.22. The minimum atomic E-state index is -0.0450. The van der Waals surface area contributed by atoms with E-state index in [1.807, 2.05) is 43.5 Å². The molecule has 1 aromatic carbocycles. The van der Waals surface area contributed by atoms with Crippen molar-refractivity contribution in [3.63, 3.8) is 0 Å². The highest BCUT2D eigenvalue weighted by atomic mass is 32.2. The number of ketones is 1. The quantitative estimate of drug-likeness (QED) is 0.860. The Morgan fingerprint density at radius 2 is 2.05 bits per heavy atom. The molecule has 0 radical (unpaired) electrons. The third-order valence-corrected chi connectivity index (χ3v) is 3.76. The molecular weight excluding hydrogens is 256 g/mol. The van der Waals surface area contributed by atoms with Gasteiger partial charge < -0.3 is 5.32 Å². The molecule has 1 atom stereocenters. The fourth-order valence-corrected chi connectivity index (χ4v) is 2.67. The van der Waals surface area contributed by atoms with Gasteiger partial charge in [-0.15, -0.1) is 0 Å². The van der Waals surface area contributed by atoms with E-state index in [0.717, 1.165) is 28.4 Å². The van der Waals surface area contributed by atoms with Crippen molar-refractivity contribution in [2.75, 3.05) is 6.26 Å². The second kappa shape index (κ2) is 6.06. The summed E-state index contributed by atoms with van der Waals surface area (Å²) in [7, 11) is 0. The first kappa shape index (κ1) is 13.9. The summed E-state index contributed by atoms with van der Waals surface area (Å²) in [6.45, 7) is 4.01. The summed E-state index contributed by atoms with van der Waals surface area (Å²) in [5, 5.41) is 4.09. The topological polar surface area (TPSA) is 41.5 Å². The molecule has 19 heavy (non-hydrogen) atoms. The molecule has 0 aliphatic carbocycles. The van der Waals surface area contributed by atoms with Gasteiger partial charge in [-0.25, -0.2) is 0 Å². The number of rotatable bonds is 3. The van der Waals surface area contributed by atoms with Crippen LogP contribution in [0.2, 0.25) is 0 Å². The number of aliphatic imine (C=N–C) groups is 1. The van der Waals surface area contributed by atoms with E-state index in [1.54, 1.807) is 11.8 Å². The monoisotopic (exact) mass is 274 g/mol. The van der Waals surface area contributed by atoms with Crippen molar-refractivity contribution in [2.24, 2.45) is 4.99 Å². The second-order valence-electron chi connectivity index (χ2n) is 4.42. The fraction of sp³-hybridized carbons (Fsp3) is 0.333. The molecule has 0 aromatic heterocycles. The molecule has 0 bridgehead atoms. The lowest BCUT2D eigenvalue weighted by atomic mass is 9.93. The van der Waals surface area contributed by atoms with Crippen molar-refractivity contribution in [3.05, 3.63) is 47.2 Å². The summed E-state index contributed by atoms with van der Waals surface area (Å²) in [5.41, 5.74) is 2.42. The first-order valence-corrected chi connectivity index (χ1v) is 7.59. The molecule has 0 unspecified atom stereocenters. The van der Waals surface area contributed by atoms with E-state index in [-0.39, 0.29) is 11.8 Å². The van der Waals surface area contributed by atoms with Crippen molar-refractivity contribution in [1.29, 1.82) is 0 Å². The van der Waals surface area contributed by atoms with Crippen LogP contribution in [-0.4, -0.2) is 23.2 Å². The van der Waals surface area contributed by atoms with Crippen LogP contribution >= 0.6 is 11.8 Å². The number of amidine groups is 1. The van der Waals surface area contributed by atoms with Crippen LogP contribution in [0.4, 0.5) is 0 Å². The highest BCUT2D eigenvalue weighted by molar-refractivity contribution is 8.13. The molecule has 1 aliphatic heterocycles. The van der Waals surface area contributed by atoms with E-state index < -0.39 is 0 Å². The van der Waals surface area contributed by atoms with Gasteiger partial charge in [0.05, 0.1) is 6.04 Å². The molecule has 0 fully saturated rings. The summed E-state index contributed by atoms with van der Waals surface area (Å²) in [4.78, 5) is 17.2. The van der Waals surface area contributed by atoms with Crippen LogP contribution in [0.3, 0.4) is 0 Å². The Labute approximate surface area is 118 Å². The molecule has 0 amide bonds. The number of benzene rings is 1. The van der Waals surface area contributed by atoms with Crippen LogP contribution in [0.15, 0.2) is 46.6 Å². The lowest BCUT2D eigenvalue weighted by Gasteiger charge is -2.24. The normalized spacial score (nSPS) is 18.9. The molecule has 1 N–H and O–H groups in total. The Hall–Kier alpha value is -1.55. The van der Waals surface area contributed by atoms with E-state index >= 15 is 0 Å². The number of hydrogen-bond acceptors (Lipinski definition) is 4. The number of nitrogens with one attached hydrogen (secondary N) is 1. The molecule has 1 heterocycles. The lowest BCUT2D eigenvalue weighted by Crippen LogP contribution is -2.32. The molecule has 4 heteroatoms. The molecule has 1 aromatic rings. The maximum Gasteiger partial charge on any atom is 0.192 e. The van der Waals surface area contributed by atoms with Crippen molar-refractivity contribution < 1.29 is 4.79 Å². The van der Waals surface area contributed by atoms with Gasteiger partial charge in [0.1, 0.15) is 0 Å². The number of nitrogens with zero attached hydrogens (tertiary/aromatic N) is 1. The molecule has 3 nitrogen and oxygen atoms in total. The molecule has 2 rings (SSSR count). The van der Waals surface area contributed by atoms with Gasteiger partial charge in [0.2, 0.25) is 0 Å². The molecular formula is C15H18N2OS. The maximum absolute atomic E-state index is 12.6. The van der Waals surface area contributed by atoms with E-state index in [9.17, 15) is 4.79 Å². The Balaban J connectivity index is 2.35. The average Bonchev–Trinajstić information content (AvgIpc) is 2.46. The zero-order chi connectivity index (χ0) is 13.8. The third kappa shape index (κ3) is 2.89. The highest BCUT2D eigenvalue weighted by Gasteiger charge is 2.26. The van der Waals surface area contributed by atoms with E-state index in [1.165, 1.54) is 0 Å². The van der Waals surface area contributed by atoms with Crippen LogP contribution in [0.25, 0.3) is 0 Å². The van der Waals surface area contributed by atoms with Crippen LogP contribution in [-0.2, 0) is 0 Å². The average molecular weight is 274 g/mol. The standard InChI is InChI=1S/C15H18N2OS/c1-4-12-13(10(2)16-15(17-12)19-3)14(18)11-8-6-5-7-9-11/h5-9,12H,4H2,1-3H3,(H,16,17)/t12-/m1/s1. The molecule has 100 valence electrons. The summed E-state index contributed by atoms with van der Waals surface area (Å²) in [6, 6.07) is 9.34. The number of carbonyl (C=O) groups is 1. The van der Waals surface area contributed by atoms with Crippen molar-refractivity contribution in [2.45, 2.75) is 26.3 Å². The first-order valence-electron chi connectivity index (χ1n) is 6.36. The number of Topliss-reactive ketones (excluding diaryl/α,β-unsaturated/α-hetero) is 1. The van der Waals surface area contributed by atoms with Crippen molar-refractivity contribution >= 4 is 22.7 Å². The van der Waals surface area contributed by atoms with Gasteiger partial charge in [0.25, 0.3) is 0 Å². The van der Waals surface area contributed by atoms with E-state index in [0.29, 0.717) is 0 Å². The largest absolute Gasteiger partial charge is 0.338 e. The number of allylic oxidation sites excluding steroid dienone is 1. The summed E-state index contributed by atoms with van der Waals surface area (Å²) in [6.07, 6.45) is 2.81. The minimum Gasteiger partial charge on any atom is -0.338 e. The summed E-state index contributed by atoms with van der Waals surface area (Å²) in [5.74, 6) is 0.0707. The van der Waals surface area contributed by atoms with Gasteiger partial charge in [-0.2, -0.15) is 0 Å². The predicted octanol–water partition coefficient (Wildman–Crippen LogP) is 3.24. The van der Waals surface area contributed by atoms with E-state index in [4.69, 9.17) is 0 Å². The van der Waals surface area contributed by atoms with E-state index in [2.05, 4.69) is 17.2 Å². The molecule has 0 saturated carbocycles. The number of carbonyl (C=O) groups excluding carboxylic acids is 1. The first-order chi connectivity index (χ1) is 9.17. The van der Waals surface area contributed by atoms with Gasteiger partial charge in [-0.05, 0) is 19.6 Å². The minimum absolute atomic E-state index is 0.0450. The van der Waals surface area contributed by atoms with Gasteiger partial charge in [-0.1, -0.05) is 49.0 Å². The van der Waals surface area contributed by atoms with Crippen LogP contribution in [0.1, 0.15) is 30.6 Å². The van der Waals surface area contributed by atoms with Gasteiger partial charge in [0.15, 0.2) is 11.0 Å². The molecule has 1 aliphatic rings. The Bertz CT molecular complexity index is 534. The van der Waals surface area contributed by atoms with Crippen LogP contribution < -0.4 is 5.32 Å². The highest BCUT2D eigenvalue weighted by Crippen LogP contribution is 2.24. The van der Waals surface area contributed by atoms with Gasteiger partial charge >= 0.3 is 0 Å². The van der Waals surface area contributed by atoms with Crippen molar-refractivity contribution in [3.8, 4) is 0 Å². The number of hydrogen-bond donors (Lipinski definition) is 1. The summed E-state index contributed by atoms with van der Waals surface area (Å²) < 4.78 is 0. The third-order valence-electron chi connectivity index (χ3n) is 3.17. The fourth-order valence-electron chi connectivity index (χ4n) is 2.18. The van der Waals surface area contributed by atoms with Gasteiger partial charge in [0, 0.05) is 16.8 Å². The van der Waals surface area contributed by atoms with Gasteiger partial charge in [-0.3, -0.25) is 9.79 Å².